The van der Waals surface area contributed by atoms with Gasteiger partial charge in [-0.25, -0.2) is 9.59 Å². The molecule has 1 aliphatic heterocycles. The molecule has 0 aliphatic carbocycles. The van der Waals surface area contributed by atoms with Gasteiger partial charge in [0, 0.05) is 24.1 Å². The molecule has 7 nitrogen and oxygen atoms in total. The summed E-state index contributed by atoms with van der Waals surface area (Å²) >= 11 is 0. The molecule has 5 rings (SSSR count). The number of rotatable bonds is 2. The second-order valence-electron chi connectivity index (χ2n) is 7.55. The van der Waals surface area contributed by atoms with E-state index in [1.165, 1.54) is 6.07 Å². The van der Waals surface area contributed by atoms with E-state index in [1.54, 1.807) is 26.0 Å². The first-order valence-corrected chi connectivity index (χ1v) is 9.53. The predicted octanol–water partition coefficient (Wildman–Crippen LogP) is 4.32. The second kappa shape index (κ2) is 6.38. The van der Waals surface area contributed by atoms with Crippen LogP contribution in [0.3, 0.4) is 0 Å². The lowest BCUT2D eigenvalue weighted by Gasteiger charge is -2.07. The number of hydrogen-bond acceptors (Lipinski definition) is 7. The zero-order valence-electron chi connectivity index (χ0n) is 16.6. The lowest BCUT2D eigenvalue weighted by Crippen LogP contribution is -2.07. The molecular formula is C23H18O7. The van der Waals surface area contributed by atoms with Gasteiger partial charge in [0.25, 0.3) is 0 Å². The molecule has 30 heavy (non-hydrogen) atoms. The van der Waals surface area contributed by atoms with Gasteiger partial charge in [0.05, 0.1) is 5.56 Å². The van der Waals surface area contributed by atoms with Gasteiger partial charge < -0.3 is 23.1 Å². The Morgan fingerprint density at radius 1 is 0.933 bits per heavy atom. The molecule has 1 atom stereocenters. The van der Waals surface area contributed by atoms with Gasteiger partial charge in [-0.2, -0.15) is 0 Å². The first kappa shape index (κ1) is 18.3. The third kappa shape index (κ3) is 2.74. The Balaban J connectivity index is 1.88. The highest BCUT2D eigenvalue weighted by molar-refractivity contribution is 6.02. The van der Waals surface area contributed by atoms with Crippen LogP contribution in [0.25, 0.3) is 33.4 Å². The fourth-order valence-corrected chi connectivity index (χ4v) is 4.00. The SMILES string of the molecule is Cc1cc(O)c(-c2c(-c3ccc4c(c3)C[C@@H](C)O4)oc3cc(C)oc(=O)c23)c(=O)o1. The minimum atomic E-state index is -0.769. The molecular weight excluding hydrogens is 388 g/mol. The topological polar surface area (TPSA) is 103 Å². The summed E-state index contributed by atoms with van der Waals surface area (Å²) in [5.41, 5.74) is 0.483. The standard InChI is InChI=1S/C23H18O7/c1-10-6-14-9-13(4-5-16(14)27-10)21-20(18-15(24)7-11(2)28-22(18)25)19-17(30-21)8-12(3)29-23(19)26/h4-5,7-10,24H,6H2,1-3H3/t10-/m1/s1. The van der Waals surface area contributed by atoms with E-state index in [9.17, 15) is 14.7 Å². The molecule has 1 N–H and O–H groups in total. The summed E-state index contributed by atoms with van der Waals surface area (Å²) in [7, 11) is 0. The Labute approximate surface area is 170 Å². The van der Waals surface area contributed by atoms with E-state index in [0.717, 1.165) is 17.7 Å². The monoisotopic (exact) mass is 406 g/mol. The number of aromatic hydroxyl groups is 1. The summed E-state index contributed by atoms with van der Waals surface area (Å²) < 4.78 is 22.2. The average Bonchev–Trinajstić information content (AvgIpc) is 3.20. The van der Waals surface area contributed by atoms with E-state index in [2.05, 4.69) is 0 Å². The van der Waals surface area contributed by atoms with E-state index in [0.29, 0.717) is 11.3 Å². The third-order valence-electron chi connectivity index (χ3n) is 5.19. The molecule has 0 saturated carbocycles. The summed E-state index contributed by atoms with van der Waals surface area (Å²) in [5, 5.41) is 10.6. The van der Waals surface area contributed by atoms with E-state index in [-0.39, 0.29) is 45.5 Å². The maximum atomic E-state index is 12.7. The number of hydrogen-bond donors (Lipinski definition) is 1. The number of aryl methyl sites for hydroxylation is 2. The molecule has 0 fully saturated rings. The van der Waals surface area contributed by atoms with E-state index in [1.807, 2.05) is 19.1 Å². The average molecular weight is 406 g/mol. The van der Waals surface area contributed by atoms with Crippen molar-refractivity contribution < 1.29 is 23.1 Å². The third-order valence-corrected chi connectivity index (χ3v) is 5.19. The van der Waals surface area contributed by atoms with Gasteiger partial charge in [0.15, 0.2) is 0 Å². The van der Waals surface area contributed by atoms with Crippen molar-refractivity contribution >= 4 is 11.0 Å². The van der Waals surface area contributed by atoms with Crippen molar-refractivity contribution in [2.75, 3.05) is 0 Å². The molecule has 0 spiro atoms. The summed E-state index contributed by atoms with van der Waals surface area (Å²) in [6.45, 7) is 5.17. The Bertz CT molecular complexity index is 1430. The first-order chi connectivity index (χ1) is 14.3. The van der Waals surface area contributed by atoms with E-state index >= 15 is 0 Å². The fraction of sp³-hybridized carbons (Fsp3) is 0.217. The van der Waals surface area contributed by atoms with Crippen molar-refractivity contribution in [1.29, 1.82) is 0 Å². The fourth-order valence-electron chi connectivity index (χ4n) is 4.00. The predicted molar refractivity (Wildman–Crippen MR) is 109 cm³/mol. The van der Waals surface area contributed by atoms with Crippen LogP contribution in [0, 0.1) is 13.8 Å². The highest BCUT2D eigenvalue weighted by Gasteiger charge is 2.28. The van der Waals surface area contributed by atoms with Crippen LogP contribution in [-0.2, 0) is 6.42 Å². The Morgan fingerprint density at radius 3 is 2.43 bits per heavy atom. The number of furan rings is 1. The molecule has 1 aliphatic rings. The Kier molecular flexibility index (Phi) is 3.89. The van der Waals surface area contributed by atoms with E-state index < -0.39 is 11.3 Å². The molecule has 0 saturated heterocycles. The number of fused-ring (bicyclic) bond motifs is 2. The molecule has 4 heterocycles. The zero-order valence-corrected chi connectivity index (χ0v) is 16.6. The van der Waals surface area contributed by atoms with Gasteiger partial charge in [0.1, 0.15) is 51.4 Å². The lowest BCUT2D eigenvalue weighted by atomic mass is 9.98. The maximum absolute atomic E-state index is 12.7. The van der Waals surface area contributed by atoms with Crippen molar-refractivity contribution in [3.05, 3.63) is 68.3 Å². The number of ether oxygens (including phenoxy) is 1. The summed E-state index contributed by atoms with van der Waals surface area (Å²) in [6.07, 6.45) is 0.797. The van der Waals surface area contributed by atoms with Crippen LogP contribution >= 0.6 is 0 Å². The first-order valence-electron chi connectivity index (χ1n) is 9.53. The minimum absolute atomic E-state index is 0.0632. The van der Waals surface area contributed by atoms with Crippen LogP contribution in [-0.4, -0.2) is 11.2 Å². The summed E-state index contributed by atoms with van der Waals surface area (Å²) in [6, 6.07) is 8.43. The molecule has 0 unspecified atom stereocenters. The maximum Gasteiger partial charge on any atom is 0.347 e. The molecule has 1 aromatic carbocycles. The highest BCUT2D eigenvalue weighted by Crippen LogP contribution is 2.43. The molecule has 7 heteroatoms. The van der Waals surface area contributed by atoms with Gasteiger partial charge in [0.2, 0.25) is 0 Å². The van der Waals surface area contributed by atoms with Crippen LogP contribution in [0.5, 0.6) is 11.5 Å². The second-order valence-corrected chi connectivity index (χ2v) is 7.55. The van der Waals surface area contributed by atoms with Crippen molar-refractivity contribution in [3.63, 3.8) is 0 Å². The molecule has 3 aromatic heterocycles. The minimum Gasteiger partial charge on any atom is -0.507 e. The summed E-state index contributed by atoms with van der Waals surface area (Å²) in [4.78, 5) is 25.4. The zero-order chi connectivity index (χ0) is 21.2. The molecule has 0 amide bonds. The van der Waals surface area contributed by atoms with Gasteiger partial charge in [-0.15, -0.1) is 0 Å². The van der Waals surface area contributed by atoms with Gasteiger partial charge in [-0.1, -0.05) is 0 Å². The van der Waals surface area contributed by atoms with Crippen LogP contribution in [0.4, 0.5) is 0 Å². The molecule has 0 bridgehead atoms. The smallest absolute Gasteiger partial charge is 0.347 e. The Hall–Kier alpha value is -3.74. The van der Waals surface area contributed by atoms with Crippen molar-refractivity contribution in [2.45, 2.75) is 33.3 Å². The lowest BCUT2D eigenvalue weighted by molar-refractivity contribution is 0.254. The number of benzene rings is 1. The summed E-state index contributed by atoms with van der Waals surface area (Å²) in [5.74, 6) is 1.39. The van der Waals surface area contributed by atoms with Crippen molar-refractivity contribution in [3.8, 4) is 33.9 Å². The Morgan fingerprint density at radius 2 is 1.67 bits per heavy atom. The molecule has 4 aromatic rings. The highest BCUT2D eigenvalue weighted by atomic mass is 16.5. The molecule has 152 valence electrons. The van der Waals surface area contributed by atoms with Gasteiger partial charge in [-0.3, -0.25) is 0 Å². The van der Waals surface area contributed by atoms with Crippen LogP contribution in [0.1, 0.15) is 24.0 Å². The van der Waals surface area contributed by atoms with Gasteiger partial charge in [-0.05, 0) is 44.5 Å². The molecule has 0 radical (unpaired) electrons. The van der Waals surface area contributed by atoms with Crippen molar-refractivity contribution in [1.82, 2.24) is 0 Å². The van der Waals surface area contributed by atoms with Gasteiger partial charge >= 0.3 is 11.3 Å². The quantitative estimate of drug-likeness (QED) is 0.529. The normalized spacial score (nSPS) is 15.4. The van der Waals surface area contributed by atoms with Crippen LogP contribution < -0.4 is 16.0 Å². The van der Waals surface area contributed by atoms with Crippen LogP contribution in [0.15, 0.2) is 53.2 Å². The van der Waals surface area contributed by atoms with Crippen LogP contribution in [0.2, 0.25) is 0 Å². The largest absolute Gasteiger partial charge is 0.507 e. The van der Waals surface area contributed by atoms with E-state index in [4.69, 9.17) is 18.0 Å². The van der Waals surface area contributed by atoms with Crippen molar-refractivity contribution in [2.24, 2.45) is 0 Å².